The van der Waals surface area contributed by atoms with Gasteiger partial charge in [-0.25, -0.2) is 4.79 Å². The zero-order valence-corrected chi connectivity index (χ0v) is 21.0. The van der Waals surface area contributed by atoms with Crippen molar-refractivity contribution in [3.05, 3.63) is 59.7 Å². The van der Waals surface area contributed by atoms with E-state index < -0.39 is 23.0 Å². The number of amides is 2. The number of benzene rings is 2. The first-order valence-electron chi connectivity index (χ1n) is 12.2. The Balaban J connectivity index is 1.54. The maximum Gasteiger partial charge on any atom is 0.407 e. The van der Waals surface area contributed by atoms with Crippen LogP contribution in [0.25, 0.3) is 11.1 Å². The quantitative estimate of drug-likeness (QED) is 0.389. The van der Waals surface area contributed by atoms with Crippen LogP contribution in [0.2, 0.25) is 0 Å². The summed E-state index contributed by atoms with van der Waals surface area (Å²) in [7, 11) is 0. The first-order chi connectivity index (χ1) is 16.5. The van der Waals surface area contributed by atoms with Crippen molar-refractivity contribution < 1.29 is 24.2 Å². The predicted molar refractivity (Wildman–Crippen MR) is 135 cm³/mol. The van der Waals surface area contributed by atoms with Crippen molar-refractivity contribution in [2.45, 2.75) is 64.8 Å². The molecule has 188 valence electrons. The molecular formula is C28H36N2O5. The highest BCUT2D eigenvalue weighted by molar-refractivity contribution is 5.84. The lowest BCUT2D eigenvalue weighted by molar-refractivity contribution is -0.137. The smallest absolute Gasteiger partial charge is 0.407 e. The average molecular weight is 481 g/mol. The number of rotatable bonds is 11. The summed E-state index contributed by atoms with van der Waals surface area (Å²) in [5.41, 5.74) is 2.84. The zero-order chi connectivity index (χ0) is 25.6. The number of aliphatic carboxylic acids is 1. The fourth-order valence-electron chi connectivity index (χ4n) is 4.33. The first-order valence-corrected chi connectivity index (χ1v) is 12.2. The van der Waals surface area contributed by atoms with Crippen molar-refractivity contribution in [2.75, 3.05) is 13.2 Å². The number of carboxylic acids is 1. The van der Waals surface area contributed by atoms with Crippen molar-refractivity contribution in [3.8, 4) is 11.1 Å². The molecule has 2 aromatic carbocycles. The monoisotopic (exact) mass is 480 g/mol. The molecule has 0 saturated carbocycles. The molecule has 2 amide bonds. The summed E-state index contributed by atoms with van der Waals surface area (Å²) in [6.45, 7) is 7.86. The molecule has 7 nitrogen and oxygen atoms in total. The van der Waals surface area contributed by atoms with Gasteiger partial charge < -0.3 is 20.5 Å². The summed E-state index contributed by atoms with van der Waals surface area (Å²) in [4.78, 5) is 36.2. The maximum atomic E-state index is 12.9. The fraction of sp³-hybridized carbons (Fsp3) is 0.464. The van der Waals surface area contributed by atoms with E-state index in [2.05, 4.69) is 34.9 Å². The van der Waals surface area contributed by atoms with Gasteiger partial charge in [-0.15, -0.1) is 0 Å². The number of nitrogens with one attached hydrogen (secondary N) is 2. The van der Waals surface area contributed by atoms with Crippen LogP contribution in [0, 0.1) is 5.41 Å². The molecule has 35 heavy (non-hydrogen) atoms. The summed E-state index contributed by atoms with van der Waals surface area (Å²) in [5, 5.41) is 14.5. The zero-order valence-electron chi connectivity index (χ0n) is 21.0. The molecule has 0 radical (unpaired) electrons. The van der Waals surface area contributed by atoms with Gasteiger partial charge in [0.1, 0.15) is 6.61 Å². The molecule has 0 aromatic heterocycles. The van der Waals surface area contributed by atoms with Crippen LogP contribution in [-0.2, 0) is 14.3 Å². The Labute approximate surface area is 207 Å². The molecule has 0 fully saturated rings. The molecule has 0 bridgehead atoms. The standard InChI is InChI=1S/C28H36N2O5/c1-27(2,25(33)29-17-11-5-6-16-24(31)32)28(3,4)30-26(34)35-18-23-21-14-9-7-12-19(21)20-13-8-10-15-22(20)23/h7-10,12-15,23H,5-6,11,16-18H2,1-4H3,(H,29,33)(H,30,34)(H,31,32). The number of hydrogen-bond donors (Lipinski definition) is 3. The predicted octanol–water partition coefficient (Wildman–Crippen LogP) is 5.09. The summed E-state index contributed by atoms with van der Waals surface area (Å²) in [6, 6.07) is 16.3. The lowest BCUT2D eigenvalue weighted by Gasteiger charge is -2.40. The van der Waals surface area contributed by atoms with E-state index in [9.17, 15) is 14.4 Å². The molecule has 0 aliphatic heterocycles. The van der Waals surface area contributed by atoms with Gasteiger partial charge in [-0.05, 0) is 62.8 Å². The average Bonchev–Trinajstić information content (AvgIpc) is 3.13. The van der Waals surface area contributed by atoms with Gasteiger partial charge in [-0.3, -0.25) is 9.59 Å². The van der Waals surface area contributed by atoms with Gasteiger partial charge in [0.15, 0.2) is 0 Å². The van der Waals surface area contributed by atoms with Gasteiger partial charge in [0.2, 0.25) is 5.91 Å². The second-order valence-electron chi connectivity index (χ2n) is 10.2. The molecule has 7 heteroatoms. The molecule has 0 spiro atoms. The van der Waals surface area contributed by atoms with E-state index in [4.69, 9.17) is 9.84 Å². The Morgan fingerprint density at radius 2 is 1.46 bits per heavy atom. The normalized spacial score (nSPS) is 13.0. The Kier molecular flexibility index (Phi) is 8.20. The van der Waals surface area contributed by atoms with E-state index >= 15 is 0 Å². The largest absolute Gasteiger partial charge is 0.481 e. The summed E-state index contributed by atoms with van der Waals surface area (Å²) in [5.74, 6) is -1.02. The van der Waals surface area contributed by atoms with Crippen LogP contribution in [0.5, 0.6) is 0 Å². The van der Waals surface area contributed by atoms with Crippen molar-refractivity contribution in [2.24, 2.45) is 5.41 Å². The third kappa shape index (κ3) is 6.02. The SMILES string of the molecule is CC(C)(NC(=O)OCC1c2ccccc2-c2ccccc21)C(C)(C)C(=O)NCCCCCC(=O)O. The molecule has 0 heterocycles. The number of carbonyl (C=O) groups excluding carboxylic acids is 2. The number of carbonyl (C=O) groups is 3. The summed E-state index contributed by atoms with van der Waals surface area (Å²) >= 11 is 0. The molecular weight excluding hydrogens is 444 g/mol. The lowest BCUT2D eigenvalue weighted by Crippen LogP contribution is -2.59. The molecule has 3 rings (SSSR count). The first kappa shape index (κ1) is 26.3. The molecule has 1 aliphatic rings. The Hall–Kier alpha value is -3.35. The second kappa shape index (κ2) is 10.9. The highest BCUT2D eigenvalue weighted by Gasteiger charge is 2.44. The van der Waals surface area contributed by atoms with Crippen molar-refractivity contribution in [1.29, 1.82) is 0 Å². The number of hydrogen-bond acceptors (Lipinski definition) is 4. The van der Waals surface area contributed by atoms with Crippen LogP contribution >= 0.6 is 0 Å². The van der Waals surface area contributed by atoms with E-state index in [1.807, 2.05) is 24.3 Å². The topological polar surface area (TPSA) is 105 Å². The Morgan fingerprint density at radius 3 is 2.03 bits per heavy atom. The molecule has 0 unspecified atom stereocenters. The second-order valence-corrected chi connectivity index (χ2v) is 10.2. The fourth-order valence-corrected chi connectivity index (χ4v) is 4.33. The summed E-state index contributed by atoms with van der Waals surface area (Å²) < 4.78 is 5.67. The third-order valence-electron chi connectivity index (χ3n) is 7.24. The maximum absolute atomic E-state index is 12.9. The molecule has 0 saturated heterocycles. The molecule has 3 N–H and O–H groups in total. The van der Waals surface area contributed by atoms with Gasteiger partial charge in [0, 0.05) is 18.9 Å². The van der Waals surface area contributed by atoms with Crippen LogP contribution in [0.15, 0.2) is 48.5 Å². The van der Waals surface area contributed by atoms with Gasteiger partial charge >= 0.3 is 12.1 Å². The lowest BCUT2D eigenvalue weighted by atomic mass is 9.73. The Bertz CT molecular complexity index is 1030. The number of carboxylic acid groups (broad SMARTS) is 1. The van der Waals surface area contributed by atoms with E-state index in [1.54, 1.807) is 27.7 Å². The molecule has 1 aliphatic carbocycles. The van der Waals surface area contributed by atoms with E-state index in [0.717, 1.165) is 17.5 Å². The van der Waals surface area contributed by atoms with Crippen LogP contribution in [0.1, 0.15) is 70.4 Å². The Morgan fingerprint density at radius 1 is 0.886 bits per heavy atom. The third-order valence-corrected chi connectivity index (χ3v) is 7.24. The molecule has 0 atom stereocenters. The van der Waals surface area contributed by atoms with Gasteiger partial charge in [-0.2, -0.15) is 0 Å². The van der Waals surface area contributed by atoms with Crippen LogP contribution in [0.3, 0.4) is 0 Å². The van der Waals surface area contributed by atoms with Gasteiger partial charge in [0.05, 0.1) is 11.0 Å². The number of ether oxygens (including phenoxy) is 1. The van der Waals surface area contributed by atoms with E-state index in [1.165, 1.54) is 11.1 Å². The molecule has 2 aromatic rings. The van der Waals surface area contributed by atoms with Gasteiger partial charge in [-0.1, -0.05) is 55.0 Å². The minimum absolute atomic E-state index is 0.0336. The van der Waals surface area contributed by atoms with Gasteiger partial charge in [0.25, 0.3) is 0 Å². The van der Waals surface area contributed by atoms with Crippen LogP contribution in [-0.4, -0.2) is 41.8 Å². The van der Waals surface area contributed by atoms with E-state index in [0.29, 0.717) is 19.4 Å². The number of alkyl carbamates (subject to hydrolysis) is 1. The summed E-state index contributed by atoms with van der Waals surface area (Å²) in [6.07, 6.45) is 1.59. The minimum Gasteiger partial charge on any atom is -0.481 e. The number of unbranched alkanes of at least 4 members (excludes halogenated alkanes) is 2. The van der Waals surface area contributed by atoms with Crippen molar-refractivity contribution in [3.63, 3.8) is 0 Å². The van der Waals surface area contributed by atoms with E-state index in [-0.39, 0.29) is 24.9 Å². The number of fused-ring (bicyclic) bond motifs is 3. The van der Waals surface area contributed by atoms with Crippen molar-refractivity contribution >= 4 is 18.0 Å². The van der Waals surface area contributed by atoms with Crippen LogP contribution in [0.4, 0.5) is 4.79 Å². The minimum atomic E-state index is -0.903. The van der Waals surface area contributed by atoms with Crippen molar-refractivity contribution in [1.82, 2.24) is 10.6 Å². The highest BCUT2D eigenvalue weighted by Crippen LogP contribution is 2.44. The highest BCUT2D eigenvalue weighted by atomic mass is 16.5. The van der Waals surface area contributed by atoms with Crippen LogP contribution < -0.4 is 10.6 Å².